The zero-order chi connectivity index (χ0) is 18.9. The van der Waals surface area contributed by atoms with Crippen molar-refractivity contribution in [1.29, 1.82) is 0 Å². The summed E-state index contributed by atoms with van der Waals surface area (Å²) in [5, 5.41) is 13.7. The van der Waals surface area contributed by atoms with E-state index in [0.29, 0.717) is 5.58 Å². The lowest BCUT2D eigenvalue weighted by molar-refractivity contribution is -0.137. The number of nitrogens with one attached hydrogen (secondary N) is 1. The number of alkyl halides is 3. The smallest absolute Gasteiger partial charge is 0.417 e. The summed E-state index contributed by atoms with van der Waals surface area (Å²) in [6.07, 6.45) is -4.64. The lowest BCUT2D eigenvalue weighted by Crippen LogP contribution is -2.39. The van der Waals surface area contributed by atoms with E-state index in [2.05, 4.69) is 5.32 Å². The van der Waals surface area contributed by atoms with Gasteiger partial charge in [0.1, 0.15) is 16.9 Å². The number of aliphatic hydroxyl groups is 1. The number of rotatable bonds is 4. The van der Waals surface area contributed by atoms with Crippen LogP contribution in [0.1, 0.15) is 28.6 Å². The van der Waals surface area contributed by atoms with E-state index < -0.39 is 28.8 Å². The zero-order valence-electron chi connectivity index (χ0n) is 13.8. The molecule has 1 atom stereocenters. The normalized spacial score (nSPS) is 14.2. The summed E-state index contributed by atoms with van der Waals surface area (Å²) in [6.45, 7) is 1.11. The van der Waals surface area contributed by atoms with Crippen LogP contribution in [0.5, 0.6) is 0 Å². The SMILES string of the molecule is C[C@](O)(CNC(=O)c1ccccc1C(F)(F)F)c1cc2ccccc2o1. The summed E-state index contributed by atoms with van der Waals surface area (Å²) in [4.78, 5) is 12.2. The van der Waals surface area contributed by atoms with Gasteiger partial charge in [0.25, 0.3) is 5.91 Å². The van der Waals surface area contributed by atoms with Gasteiger partial charge in [0.2, 0.25) is 0 Å². The van der Waals surface area contributed by atoms with Gasteiger partial charge in [-0.1, -0.05) is 30.3 Å². The van der Waals surface area contributed by atoms with E-state index in [9.17, 15) is 23.1 Å². The van der Waals surface area contributed by atoms with Gasteiger partial charge in [-0.2, -0.15) is 13.2 Å². The Bertz CT molecular complexity index is 911. The number of hydrogen-bond acceptors (Lipinski definition) is 3. The van der Waals surface area contributed by atoms with Gasteiger partial charge in [0, 0.05) is 5.39 Å². The first-order chi connectivity index (χ1) is 12.2. The number of amides is 1. The summed E-state index contributed by atoms with van der Waals surface area (Å²) in [7, 11) is 0. The number of hydrogen-bond donors (Lipinski definition) is 2. The second-order valence-electron chi connectivity index (χ2n) is 6.15. The monoisotopic (exact) mass is 363 g/mol. The van der Waals surface area contributed by atoms with Crippen LogP contribution in [-0.2, 0) is 11.8 Å². The Hall–Kier alpha value is -2.80. The molecule has 0 aliphatic rings. The molecule has 7 heteroatoms. The number of fused-ring (bicyclic) bond motifs is 1. The van der Waals surface area contributed by atoms with Crippen LogP contribution in [-0.4, -0.2) is 17.6 Å². The van der Waals surface area contributed by atoms with Crippen LogP contribution in [0.25, 0.3) is 11.0 Å². The Kier molecular flexibility index (Phi) is 4.50. The summed E-state index contributed by atoms with van der Waals surface area (Å²) >= 11 is 0. The minimum Gasteiger partial charge on any atom is -0.458 e. The third-order valence-electron chi connectivity index (χ3n) is 4.03. The first kappa shape index (κ1) is 18.0. The first-order valence-corrected chi connectivity index (χ1v) is 7.84. The van der Waals surface area contributed by atoms with Gasteiger partial charge in [-0.3, -0.25) is 4.79 Å². The number of halogens is 3. The molecule has 0 aliphatic carbocycles. The largest absolute Gasteiger partial charge is 0.458 e. The van der Waals surface area contributed by atoms with E-state index in [1.165, 1.54) is 19.1 Å². The van der Waals surface area contributed by atoms with Crippen LogP contribution in [0.4, 0.5) is 13.2 Å². The van der Waals surface area contributed by atoms with Gasteiger partial charge in [-0.25, -0.2) is 0 Å². The number of benzene rings is 2. The Labute approximate surface area is 147 Å². The van der Waals surface area contributed by atoms with Crippen LogP contribution in [0.15, 0.2) is 59.0 Å². The molecule has 3 rings (SSSR count). The second kappa shape index (κ2) is 6.49. The van der Waals surface area contributed by atoms with Gasteiger partial charge < -0.3 is 14.8 Å². The average molecular weight is 363 g/mol. The molecular formula is C19H16F3NO3. The lowest BCUT2D eigenvalue weighted by atomic mass is 10.0. The van der Waals surface area contributed by atoms with Crippen molar-refractivity contribution in [2.45, 2.75) is 18.7 Å². The van der Waals surface area contributed by atoms with Gasteiger partial charge >= 0.3 is 6.18 Å². The molecule has 0 saturated heterocycles. The quantitative estimate of drug-likeness (QED) is 0.734. The highest BCUT2D eigenvalue weighted by atomic mass is 19.4. The molecule has 4 nitrogen and oxygen atoms in total. The molecule has 2 N–H and O–H groups in total. The molecule has 26 heavy (non-hydrogen) atoms. The zero-order valence-corrected chi connectivity index (χ0v) is 13.8. The molecule has 1 amide bonds. The van der Waals surface area contributed by atoms with Crippen molar-refractivity contribution < 1.29 is 27.5 Å². The molecule has 1 aromatic heterocycles. The Morgan fingerprint density at radius 1 is 1.12 bits per heavy atom. The molecule has 2 aromatic carbocycles. The standard InChI is InChI=1S/C19H16F3NO3/c1-18(25,16-10-12-6-2-5-9-15(12)26-16)11-23-17(24)13-7-3-4-8-14(13)19(20,21)22/h2-10,25H,11H2,1H3,(H,23,24)/t18-/m0/s1. The Morgan fingerprint density at radius 3 is 2.46 bits per heavy atom. The van der Waals surface area contributed by atoms with E-state index >= 15 is 0 Å². The molecular weight excluding hydrogens is 347 g/mol. The van der Waals surface area contributed by atoms with Crippen LogP contribution in [0, 0.1) is 0 Å². The first-order valence-electron chi connectivity index (χ1n) is 7.84. The highest BCUT2D eigenvalue weighted by molar-refractivity contribution is 5.95. The number of carbonyl (C=O) groups excluding carboxylic acids is 1. The Morgan fingerprint density at radius 2 is 1.77 bits per heavy atom. The predicted octanol–water partition coefficient (Wildman–Crippen LogP) is 4.09. The van der Waals surface area contributed by atoms with E-state index in [4.69, 9.17) is 4.42 Å². The summed E-state index contributed by atoms with van der Waals surface area (Å²) < 4.78 is 44.6. The van der Waals surface area contributed by atoms with Crippen molar-refractivity contribution in [3.63, 3.8) is 0 Å². The molecule has 0 bridgehead atoms. The second-order valence-corrected chi connectivity index (χ2v) is 6.15. The Balaban J connectivity index is 1.79. The van der Waals surface area contributed by atoms with Crippen molar-refractivity contribution in [2.75, 3.05) is 6.54 Å². The lowest BCUT2D eigenvalue weighted by Gasteiger charge is -2.21. The molecule has 0 spiro atoms. The minimum absolute atomic E-state index is 0.211. The average Bonchev–Trinajstić information content (AvgIpc) is 3.04. The van der Waals surface area contributed by atoms with Gasteiger partial charge in [0.15, 0.2) is 0 Å². The summed E-state index contributed by atoms with van der Waals surface area (Å²) in [5.74, 6) is -0.711. The van der Waals surface area contributed by atoms with Crippen molar-refractivity contribution in [1.82, 2.24) is 5.32 Å². The van der Waals surface area contributed by atoms with Crippen LogP contribution in [0.3, 0.4) is 0 Å². The maximum atomic E-state index is 13.0. The van der Waals surface area contributed by atoms with Gasteiger partial charge in [-0.05, 0) is 31.2 Å². The molecule has 0 saturated carbocycles. The fourth-order valence-corrected chi connectivity index (χ4v) is 2.61. The molecule has 0 fully saturated rings. The van der Waals surface area contributed by atoms with Crippen LogP contribution >= 0.6 is 0 Å². The molecule has 0 aliphatic heterocycles. The predicted molar refractivity (Wildman–Crippen MR) is 89.6 cm³/mol. The fraction of sp³-hybridized carbons (Fsp3) is 0.211. The molecule has 0 radical (unpaired) electrons. The topological polar surface area (TPSA) is 62.5 Å². The fourth-order valence-electron chi connectivity index (χ4n) is 2.61. The highest BCUT2D eigenvalue weighted by Crippen LogP contribution is 2.32. The third-order valence-corrected chi connectivity index (χ3v) is 4.03. The van der Waals surface area contributed by atoms with Gasteiger partial charge in [-0.15, -0.1) is 0 Å². The maximum absolute atomic E-state index is 13.0. The van der Waals surface area contributed by atoms with Crippen molar-refractivity contribution in [3.8, 4) is 0 Å². The molecule has 136 valence electrons. The van der Waals surface area contributed by atoms with E-state index in [1.54, 1.807) is 24.3 Å². The van der Waals surface area contributed by atoms with Crippen LogP contribution < -0.4 is 5.32 Å². The summed E-state index contributed by atoms with van der Waals surface area (Å²) in [6, 6.07) is 13.2. The highest BCUT2D eigenvalue weighted by Gasteiger charge is 2.35. The van der Waals surface area contributed by atoms with Crippen molar-refractivity contribution >= 4 is 16.9 Å². The number of furan rings is 1. The minimum atomic E-state index is -4.64. The van der Waals surface area contributed by atoms with E-state index in [-0.39, 0.29) is 12.3 Å². The number of para-hydroxylation sites is 1. The molecule has 3 aromatic rings. The maximum Gasteiger partial charge on any atom is 0.417 e. The number of carbonyl (C=O) groups is 1. The molecule has 1 heterocycles. The molecule has 0 unspecified atom stereocenters. The summed E-state index contributed by atoms with van der Waals surface area (Å²) in [5.41, 5.74) is -2.54. The van der Waals surface area contributed by atoms with Crippen molar-refractivity contribution in [2.24, 2.45) is 0 Å². The van der Waals surface area contributed by atoms with E-state index in [0.717, 1.165) is 17.5 Å². The van der Waals surface area contributed by atoms with Crippen molar-refractivity contribution in [3.05, 3.63) is 71.5 Å². The van der Waals surface area contributed by atoms with E-state index in [1.807, 2.05) is 6.07 Å². The van der Waals surface area contributed by atoms with Gasteiger partial charge in [0.05, 0.1) is 17.7 Å². The third kappa shape index (κ3) is 3.57. The van der Waals surface area contributed by atoms with Crippen LogP contribution in [0.2, 0.25) is 0 Å².